The lowest BCUT2D eigenvalue weighted by Crippen LogP contribution is -2.61. The van der Waals surface area contributed by atoms with Crippen LogP contribution in [0.4, 0.5) is 4.79 Å². The molecule has 3 aliphatic rings. The van der Waals surface area contributed by atoms with E-state index in [9.17, 15) is 24.6 Å². The van der Waals surface area contributed by atoms with Crippen LogP contribution in [0.5, 0.6) is 0 Å². The molecule has 1 amide bonds. The number of aryl methyl sites for hydroxylation is 1. The van der Waals surface area contributed by atoms with Gasteiger partial charge in [-0.3, -0.25) is 20.0 Å². The summed E-state index contributed by atoms with van der Waals surface area (Å²) in [6.07, 6.45) is -4.54. The zero-order chi connectivity index (χ0) is 51.2. The van der Waals surface area contributed by atoms with Gasteiger partial charge in [0.2, 0.25) is 0 Å². The molecule has 0 bridgehead atoms. The highest BCUT2D eigenvalue weighted by atomic mass is 16.7. The number of carbonyl (C=O) groups is 3. The molecule has 0 spiro atoms. The standard InChI is InChI=1S/C52H84N4O13/c1-16-40-52(11,69-49(61)55-54-24-19-20-36-23-25-53-38-22-18-17-21-37(36)38)34(7)31(4)42(57)29(2)27-51(10,63-15)46(68-48-43(58)39(56(12)13)26-30(3)64-48)32(5)44(33(6)47(60)66-40)67-41-28-50(9,62-14)45(59)35(8)65-41/h17-18,21-23,25,29-35,39-41,43-46,48,54,58-59H,16,19-20,24,26-28H2,1-15H3,(H,55,61)/t29-,30-,31-,32+,33-,34-,35+,39+,40-,41?,43-,44?,45+,46-,48+,50+,51-,52+/m1/s1. The number of hydrazine groups is 1. The van der Waals surface area contributed by atoms with Crippen LogP contribution >= 0.6 is 0 Å². The predicted octanol–water partition coefficient (Wildman–Crippen LogP) is 6.13. The Labute approximate surface area is 410 Å². The maximum atomic E-state index is 14.9. The molecule has 5 rings (SSSR count). The van der Waals surface area contributed by atoms with Gasteiger partial charge in [-0.2, -0.15) is 0 Å². The van der Waals surface area contributed by atoms with Gasteiger partial charge in [0, 0.05) is 68.5 Å². The summed E-state index contributed by atoms with van der Waals surface area (Å²) in [5.74, 6) is -4.50. The van der Waals surface area contributed by atoms with Gasteiger partial charge in [0.15, 0.2) is 18.2 Å². The highest BCUT2D eigenvalue weighted by Gasteiger charge is 2.55. The predicted molar refractivity (Wildman–Crippen MR) is 260 cm³/mol. The SMILES string of the molecule is CC[C@H]1OC(=O)[C@H](C)C(OC2C[C@](C)(OC)[C@@H](O)[C@H](C)O2)[C@H](C)[C@@H](O[C@@H]2O[C@H](C)C[C@H](N(C)C)[C@H]2O)[C@](C)(OC)C[C@@H](C)C(=O)[C@H](C)[C@@H](C)[C@]1(C)OC(=O)NNCCCc1ccnc2ccccc12. The van der Waals surface area contributed by atoms with E-state index in [2.05, 4.69) is 15.8 Å². The first-order valence-corrected chi connectivity index (χ1v) is 25.0. The summed E-state index contributed by atoms with van der Waals surface area (Å²) in [6, 6.07) is 9.67. The van der Waals surface area contributed by atoms with Gasteiger partial charge < -0.3 is 53.0 Å². The fourth-order valence-corrected chi connectivity index (χ4v) is 11.0. The molecule has 390 valence electrons. The van der Waals surface area contributed by atoms with Crippen LogP contribution in [0.15, 0.2) is 36.5 Å². The van der Waals surface area contributed by atoms with Gasteiger partial charge in [-0.25, -0.2) is 10.2 Å². The van der Waals surface area contributed by atoms with E-state index in [0.717, 1.165) is 22.9 Å². The van der Waals surface area contributed by atoms with Crippen molar-refractivity contribution in [3.05, 3.63) is 42.1 Å². The minimum atomic E-state index is -1.50. The van der Waals surface area contributed by atoms with Gasteiger partial charge in [0.1, 0.15) is 24.1 Å². The number of para-hydroxylation sites is 1. The average molecular weight is 973 g/mol. The van der Waals surface area contributed by atoms with Gasteiger partial charge in [-0.1, -0.05) is 52.8 Å². The number of nitrogens with one attached hydrogen (secondary N) is 2. The molecule has 3 fully saturated rings. The number of fused-ring (bicyclic) bond motifs is 1. The lowest BCUT2D eigenvalue weighted by molar-refractivity contribution is -0.319. The van der Waals surface area contributed by atoms with Crippen LogP contribution in [0.25, 0.3) is 10.9 Å². The maximum absolute atomic E-state index is 14.9. The molecule has 4 N–H and O–H groups in total. The number of ketones is 1. The molecule has 2 unspecified atom stereocenters. The van der Waals surface area contributed by atoms with Crippen molar-refractivity contribution in [2.45, 2.75) is 193 Å². The molecular formula is C52H84N4O13. The van der Waals surface area contributed by atoms with E-state index < -0.39 is 108 Å². The summed E-state index contributed by atoms with van der Waals surface area (Å²) in [4.78, 5) is 49.9. The Balaban J connectivity index is 1.49. The van der Waals surface area contributed by atoms with E-state index in [1.54, 1.807) is 41.0 Å². The van der Waals surface area contributed by atoms with Crippen LogP contribution < -0.4 is 10.9 Å². The second-order valence-corrected chi connectivity index (χ2v) is 21.0. The van der Waals surface area contributed by atoms with Crippen LogP contribution in [-0.4, -0.2) is 151 Å². The Morgan fingerprint density at radius 2 is 1.59 bits per heavy atom. The minimum absolute atomic E-state index is 0.119. The summed E-state index contributed by atoms with van der Waals surface area (Å²) in [5, 5.41) is 24.0. The molecule has 3 saturated heterocycles. The van der Waals surface area contributed by atoms with E-state index in [-0.39, 0.29) is 37.2 Å². The number of likely N-dealkylation sites (N-methyl/N-ethyl adjacent to an activating group) is 1. The fourth-order valence-electron chi connectivity index (χ4n) is 11.0. The monoisotopic (exact) mass is 973 g/mol. The molecule has 2 aromatic rings. The molecule has 0 saturated carbocycles. The van der Waals surface area contributed by atoms with E-state index in [1.165, 1.54) is 7.11 Å². The number of pyridine rings is 1. The third-order valence-electron chi connectivity index (χ3n) is 15.8. The van der Waals surface area contributed by atoms with Crippen LogP contribution in [0, 0.1) is 29.6 Å². The molecule has 1 aromatic carbocycles. The molecule has 0 aliphatic carbocycles. The lowest BCUT2D eigenvalue weighted by Gasteiger charge is -2.50. The van der Waals surface area contributed by atoms with Gasteiger partial charge in [-0.15, -0.1) is 0 Å². The minimum Gasteiger partial charge on any atom is -0.458 e. The molecule has 4 heterocycles. The largest absolute Gasteiger partial charge is 0.458 e. The first kappa shape index (κ1) is 56.6. The third kappa shape index (κ3) is 12.8. The summed E-state index contributed by atoms with van der Waals surface area (Å²) in [7, 11) is 6.86. The Morgan fingerprint density at radius 1 is 0.913 bits per heavy atom. The highest BCUT2D eigenvalue weighted by Crippen LogP contribution is 2.43. The first-order chi connectivity index (χ1) is 32.4. The zero-order valence-corrected chi connectivity index (χ0v) is 43.9. The molecule has 18 atom stereocenters. The summed E-state index contributed by atoms with van der Waals surface area (Å²) in [6.45, 7) is 20.3. The van der Waals surface area contributed by atoms with Crippen LogP contribution in [0.3, 0.4) is 0 Å². The highest BCUT2D eigenvalue weighted by molar-refractivity contribution is 5.83. The van der Waals surface area contributed by atoms with E-state index >= 15 is 0 Å². The number of aromatic nitrogens is 1. The fraction of sp³-hybridized carbons (Fsp3) is 0.769. The van der Waals surface area contributed by atoms with Crippen molar-refractivity contribution >= 4 is 28.7 Å². The van der Waals surface area contributed by atoms with E-state index in [0.29, 0.717) is 19.4 Å². The summed E-state index contributed by atoms with van der Waals surface area (Å²) in [5.41, 5.74) is 3.94. The van der Waals surface area contributed by atoms with Crippen molar-refractivity contribution in [1.82, 2.24) is 20.7 Å². The normalized spacial score (nSPS) is 39.7. The zero-order valence-electron chi connectivity index (χ0n) is 43.9. The van der Waals surface area contributed by atoms with Crippen molar-refractivity contribution in [2.75, 3.05) is 34.9 Å². The van der Waals surface area contributed by atoms with Crippen LogP contribution in [0.1, 0.15) is 114 Å². The third-order valence-corrected chi connectivity index (χ3v) is 15.8. The van der Waals surface area contributed by atoms with Crippen molar-refractivity contribution < 1.29 is 62.5 Å². The molecule has 1 aromatic heterocycles. The number of esters is 1. The number of methoxy groups -OCH3 is 2. The number of rotatable bonds is 14. The number of hydrogen-bond donors (Lipinski definition) is 4. The van der Waals surface area contributed by atoms with Crippen molar-refractivity contribution in [2.24, 2.45) is 29.6 Å². The number of nitrogens with zero attached hydrogens (tertiary/aromatic N) is 2. The first-order valence-electron chi connectivity index (χ1n) is 25.0. The Bertz CT molecular complexity index is 2010. The number of cyclic esters (lactones) is 1. The quantitative estimate of drug-likeness (QED) is 0.0954. The number of Topliss-reactive ketones (excluding diaryl/α,β-unsaturated/α-hetero) is 1. The molecule has 17 nitrogen and oxygen atoms in total. The number of amides is 1. The molecule has 3 aliphatic heterocycles. The lowest BCUT2D eigenvalue weighted by atomic mass is 9.71. The maximum Gasteiger partial charge on any atom is 0.422 e. The van der Waals surface area contributed by atoms with Gasteiger partial charge >= 0.3 is 12.1 Å². The number of hydrogen-bond acceptors (Lipinski definition) is 16. The number of aliphatic hydroxyl groups is 2. The Hall–Kier alpha value is -3.36. The molecule has 69 heavy (non-hydrogen) atoms. The summed E-state index contributed by atoms with van der Waals surface area (Å²) >= 11 is 0. The van der Waals surface area contributed by atoms with Gasteiger partial charge in [0.05, 0.1) is 47.1 Å². The average Bonchev–Trinajstić information content (AvgIpc) is 3.32. The van der Waals surface area contributed by atoms with Gasteiger partial charge in [-0.05, 0) is 105 Å². The van der Waals surface area contributed by atoms with Crippen molar-refractivity contribution in [1.29, 1.82) is 0 Å². The van der Waals surface area contributed by atoms with E-state index in [4.69, 9.17) is 37.9 Å². The number of ether oxygens (including phenoxy) is 8. The second kappa shape index (κ2) is 23.9. The second-order valence-electron chi connectivity index (χ2n) is 21.0. The van der Waals surface area contributed by atoms with E-state index in [1.807, 2.05) is 97.8 Å². The van der Waals surface area contributed by atoms with Crippen LogP contribution in [0.2, 0.25) is 0 Å². The Morgan fingerprint density at radius 3 is 2.25 bits per heavy atom. The van der Waals surface area contributed by atoms with Gasteiger partial charge in [0.25, 0.3) is 0 Å². The van der Waals surface area contributed by atoms with Crippen molar-refractivity contribution in [3.63, 3.8) is 0 Å². The van der Waals surface area contributed by atoms with Crippen LogP contribution in [-0.2, 0) is 53.9 Å². The number of carbonyl (C=O) groups excluding carboxylic acids is 3. The van der Waals surface area contributed by atoms with Crippen molar-refractivity contribution in [3.8, 4) is 0 Å². The molecule has 0 radical (unpaired) electrons. The smallest absolute Gasteiger partial charge is 0.422 e. The summed E-state index contributed by atoms with van der Waals surface area (Å²) < 4.78 is 51.5. The molecular weight excluding hydrogens is 889 g/mol. The topological polar surface area (TPSA) is 206 Å². The molecule has 17 heteroatoms. The Kier molecular flexibility index (Phi) is 19.6. The number of benzene rings is 1. The number of aliphatic hydroxyl groups excluding tert-OH is 2.